The van der Waals surface area contributed by atoms with Crippen LogP contribution in [0.3, 0.4) is 0 Å². The molecule has 2 amide bonds. The van der Waals surface area contributed by atoms with Gasteiger partial charge in [0.25, 0.3) is 11.8 Å². The zero-order valence-corrected chi connectivity index (χ0v) is 18.1. The van der Waals surface area contributed by atoms with Gasteiger partial charge in [0.1, 0.15) is 13.2 Å². The normalized spacial score (nSPS) is 16.5. The van der Waals surface area contributed by atoms with E-state index in [4.69, 9.17) is 36.9 Å². The molecule has 2 aromatic rings. The Labute approximate surface area is 187 Å². The molecule has 2 aliphatic rings. The monoisotopic (exact) mass is 458 g/mol. The first kappa shape index (κ1) is 21.0. The zero-order valence-electron chi connectivity index (χ0n) is 16.5. The van der Waals surface area contributed by atoms with E-state index in [-0.39, 0.29) is 12.5 Å². The van der Waals surface area contributed by atoms with Crippen LogP contribution < -0.4 is 29.6 Å². The van der Waals surface area contributed by atoms with Gasteiger partial charge in [0, 0.05) is 6.07 Å². The van der Waals surface area contributed by atoms with Crippen molar-refractivity contribution >= 4 is 51.9 Å². The fourth-order valence-corrected chi connectivity index (χ4v) is 4.35. The summed E-state index contributed by atoms with van der Waals surface area (Å²) < 4.78 is 22.2. The SMILES string of the molecule is COc1cc(C=C2SC(=S)N(c3ccc4c(c3)OCCO4)C2=O)ccc1OCC(N)=O. The Morgan fingerprint density at radius 2 is 1.97 bits per heavy atom. The van der Waals surface area contributed by atoms with Crippen LogP contribution in [0.5, 0.6) is 23.0 Å². The Bertz CT molecular complexity index is 1100. The lowest BCUT2D eigenvalue weighted by Gasteiger charge is -2.21. The van der Waals surface area contributed by atoms with Gasteiger partial charge in [0.2, 0.25) is 0 Å². The number of carbonyl (C=O) groups excluding carboxylic acids is 2. The molecule has 0 unspecified atom stereocenters. The number of thioether (sulfide) groups is 1. The van der Waals surface area contributed by atoms with Crippen molar-refractivity contribution in [1.29, 1.82) is 0 Å². The molecular weight excluding hydrogens is 440 g/mol. The number of nitrogens with two attached hydrogens (primary N) is 1. The van der Waals surface area contributed by atoms with Crippen molar-refractivity contribution in [2.45, 2.75) is 0 Å². The lowest BCUT2D eigenvalue weighted by atomic mass is 10.1. The number of fused-ring (bicyclic) bond motifs is 1. The topological polar surface area (TPSA) is 100 Å². The maximum atomic E-state index is 13.1. The minimum Gasteiger partial charge on any atom is -0.493 e. The lowest BCUT2D eigenvalue weighted by Crippen LogP contribution is -2.27. The summed E-state index contributed by atoms with van der Waals surface area (Å²) in [5.74, 6) is 1.19. The predicted octanol–water partition coefficient (Wildman–Crippen LogP) is 2.74. The molecule has 2 heterocycles. The number of nitrogens with zero attached hydrogens (tertiary/aromatic N) is 1. The van der Waals surface area contributed by atoms with Gasteiger partial charge < -0.3 is 24.7 Å². The van der Waals surface area contributed by atoms with Crippen LogP contribution in [0.2, 0.25) is 0 Å². The first-order valence-corrected chi connectivity index (χ1v) is 10.5. The summed E-state index contributed by atoms with van der Waals surface area (Å²) >= 11 is 6.65. The Balaban J connectivity index is 1.58. The molecule has 0 aromatic heterocycles. The second-order valence-corrected chi connectivity index (χ2v) is 8.19. The molecule has 1 saturated heterocycles. The molecule has 0 bridgehead atoms. The second kappa shape index (κ2) is 8.86. The van der Waals surface area contributed by atoms with Crippen LogP contribution in [0.15, 0.2) is 41.3 Å². The van der Waals surface area contributed by atoms with Gasteiger partial charge >= 0.3 is 0 Å². The van der Waals surface area contributed by atoms with Crippen LogP contribution in [0.4, 0.5) is 5.69 Å². The first-order valence-electron chi connectivity index (χ1n) is 9.23. The van der Waals surface area contributed by atoms with E-state index in [1.165, 1.54) is 23.8 Å². The summed E-state index contributed by atoms with van der Waals surface area (Å²) in [7, 11) is 1.48. The van der Waals surface area contributed by atoms with Crippen LogP contribution in [0.25, 0.3) is 6.08 Å². The number of hydrogen-bond donors (Lipinski definition) is 1. The predicted molar refractivity (Wildman–Crippen MR) is 121 cm³/mol. The number of thiocarbonyl (C=S) groups is 1. The first-order chi connectivity index (χ1) is 15.0. The molecule has 0 aliphatic carbocycles. The van der Waals surface area contributed by atoms with Crippen molar-refractivity contribution in [3.8, 4) is 23.0 Å². The van der Waals surface area contributed by atoms with Crippen molar-refractivity contribution in [2.24, 2.45) is 5.73 Å². The average molecular weight is 459 g/mol. The van der Waals surface area contributed by atoms with Crippen LogP contribution in [0.1, 0.15) is 5.56 Å². The maximum absolute atomic E-state index is 13.1. The Morgan fingerprint density at radius 3 is 2.71 bits per heavy atom. The highest BCUT2D eigenvalue weighted by Gasteiger charge is 2.34. The Hall–Kier alpha value is -3.24. The highest BCUT2D eigenvalue weighted by atomic mass is 32.2. The van der Waals surface area contributed by atoms with Gasteiger partial charge in [-0.05, 0) is 35.9 Å². The summed E-state index contributed by atoms with van der Waals surface area (Å²) in [6, 6.07) is 10.4. The molecule has 2 aromatic carbocycles. The van der Waals surface area contributed by atoms with Gasteiger partial charge in [-0.3, -0.25) is 14.5 Å². The van der Waals surface area contributed by atoms with Gasteiger partial charge in [0.15, 0.2) is 33.9 Å². The van der Waals surface area contributed by atoms with E-state index >= 15 is 0 Å². The molecule has 31 heavy (non-hydrogen) atoms. The molecule has 1 fully saturated rings. The molecule has 0 spiro atoms. The molecule has 8 nitrogen and oxygen atoms in total. The number of amides is 2. The van der Waals surface area contributed by atoms with E-state index in [1.54, 1.807) is 42.5 Å². The summed E-state index contributed by atoms with van der Waals surface area (Å²) in [4.78, 5) is 25.9. The Morgan fingerprint density at radius 1 is 1.19 bits per heavy atom. The molecular formula is C21H18N2O6S2. The number of carbonyl (C=O) groups is 2. The minimum absolute atomic E-state index is 0.236. The molecule has 0 radical (unpaired) electrons. The fraction of sp³-hybridized carbons (Fsp3) is 0.190. The summed E-state index contributed by atoms with van der Waals surface area (Å²) in [6.07, 6.45) is 1.72. The molecule has 2 aliphatic heterocycles. The third-order valence-corrected chi connectivity index (χ3v) is 5.74. The highest BCUT2D eigenvalue weighted by Crippen LogP contribution is 2.40. The number of anilines is 1. The maximum Gasteiger partial charge on any atom is 0.270 e. The molecule has 10 heteroatoms. The second-order valence-electron chi connectivity index (χ2n) is 6.51. The highest BCUT2D eigenvalue weighted by molar-refractivity contribution is 8.27. The molecule has 0 atom stereocenters. The molecule has 4 rings (SSSR count). The van der Waals surface area contributed by atoms with Crippen LogP contribution in [0, 0.1) is 0 Å². The summed E-state index contributed by atoms with van der Waals surface area (Å²) in [5, 5.41) is 0. The number of ether oxygens (including phenoxy) is 4. The summed E-state index contributed by atoms with van der Waals surface area (Å²) in [5.41, 5.74) is 6.44. The van der Waals surface area contributed by atoms with E-state index in [0.29, 0.717) is 56.7 Å². The van der Waals surface area contributed by atoms with Crippen LogP contribution in [-0.4, -0.2) is 43.1 Å². The number of rotatable bonds is 6. The van der Waals surface area contributed by atoms with Crippen molar-refractivity contribution < 1.29 is 28.5 Å². The minimum atomic E-state index is -0.589. The third-order valence-electron chi connectivity index (χ3n) is 4.43. The third kappa shape index (κ3) is 4.44. The van der Waals surface area contributed by atoms with Crippen molar-refractivity contribution in [3.05, 3.63) is 46.9 Å². The van der Waals surface area contributed by atoms with Crippen LogP contribution in [-0.2, 0) is 9.59 Å². The average Bonchev–Trinajstić information content (AvgIpc) is 3.05. The van der Waals surface area contributed by atoms with Crippen molar-refractivity contribution in [1.82, 2.24) is 0 Å². The van der Waals surface area contributed by atoms with Crippen molar-refractivity contribution in [3.63, 3.8) is 0 Å². The fourth-order valence-electron chi connectivity index (χ4n) is 3.05. The van der Waals surface area contributed by atoms with E-state index in [1.807, 2.05) is 0 Å². The smallest absolute Gasteiger partial charge is 0.270 e. The van der Waals surface area contributed by atoms with E-state index in [0.717, 1.165) is 0 Å². The zero-order chi connectivity index (χ0) is 22.0. The molecule has 160 valence electrons. The number of benzene rings is 2. The van der Waals surface area contributed by atoms with E-state index in [2.05, 4.69) is 0 Å². The number of hydrogen-bond acceptors (Lipinski definition) is 8. The summed E-state index contributed by atoms with van der Waals surface area (Å²) in [6.45, 7) is 0.686. The number of primary amides is 1. The van der Waals surface area contributed by atoms with Gasteiger partial charge in [0.05, 0.1) is 17.7 Å². The lowest BCUT2D eigenvalue weighted by molar-refractivity contribution is -0.120. The quantitative estimate of drug-likeness (QED) is 0.521. The number of methoxy groups -OCH3 is 1. The largest absolute Gasteiger partial charge is 0.493 e. The Kier molecular flexibility index (Phi) is 6.01. The van der Waals surface area contributed by atoms with E-state index in [9.17, 15) is 9.59 Å². The van der Waals surface area contributed by atoms with E-state index < -0.39 is 5.91 Å². The molecule has 2 N–H and O–H groups in total. The van der Waals surface area contributed by atoms with Crippen molar-refractivity contribution in [2.75, 3.05) is 31.8 Å². The van der Waals surface area contributed by atoms with Gasteiger partial charge in [-0.1, -0.05) is 30.0 Å². The van der Waals surface area contributed by atoms with Gasteiger partial charge in [-0.15, -0.1) is 0 Å². The standard InChI is InChI=1S/C21H18N2O6S2/c1-26-16-8-12(2-4-14(16)29-11-19(22)24)9-18-20(25)23(21(30)31-18)13-3-5-15-17(10-13)28-7-6-27-15/h2-5,8-10H,6-7,11H2,1H3,(H2,22,24). The van der Waals surface area contributed by atoms with Crippen LogP contribution >= 0.6 is 24.0 Å². The molecule has 0 saturated carbocycles. The van der Waals surface area contributed by atoms with Gasteiger partial charge in [-0.2, -0.15) is 0 Å². The van der Waals surface area contributed by atoms with Gasteiger partial charge in [-0.25, -0.2) is 0 Å².